The van der Waals surface area contributed by atoms with Gasteiger partial charge in [0.15, 0.2) is 21.9 Å². The van der Waals surface area contributed by atoms with E-state index in [1.54, 1.807) is 4.40 Å². The molecule has 4 nitrogen and oxygen atoms in total. The third-order valence-corrected chi connectivity index (χ3v) is 3.19. The maximum absolute atomic E-state index is 13.4. The fourth-order valence-electron chi connectivity index (χ4n) is 1.88. The van der Waals surface area contributed by atoms with Crippen molar-refractivity contribution in [2.75, 3.05) is 0 Å². The van der Waals surface area contributed by atoms with Gasteiger partial charge in [-0.25, -0.2) is 19.3 Å². The predicted octanol–water partition coefficient (Wildman–Crippen LogP) is 3.55. The van der Waals surface area contributed by atoms with Crippen LogP contribution in [0.1, 0.15) is 5.69 Å². The lowest BCUT2D eigenvalue weighted by atomic mass is 10.3. The number of imidazole rings is 1. The number of halogens is 3. The van der Waals surface area contributed by atoms with Crippen LogP contribution in [-0.2, 0) is 0 Å². The number of rotatable bonds is 1. The second-order valence-corrected chi connectivity index (χ2v) is 4.63. The van der Waals surface area contributed by atoms with Crippen molar-refractivity contribution in [3.63, 3.8) is 0 Å². The number of hydrogen-bond donors (Lipinski definition) is 0. The van der Waals surface area contributed by atoms with E-state index in [4.69, 9.17) is 23.2 Å². The van der Waals surface area contributed by atoms with Gasteiger partial charge in [0.25, 0.3) is 0 Å². The molecule has 0 atom stereocenters. The van der Waals surface area contributed by atoms with E-state index in [1.165, 1.54) is 0 Å². The first-order valence-electron chi connectivity index (χ1n) is 5.40. The second-order valence-electron chi connectivity index (χ2n) is 3.92. The molecule has 0 saturated carbocycles. The smallest absolute Gasteiger partial charge is 0.197 e. The van der Waals surface area contributed by atoms with Gasteiger partial charge in [0, 0.05) is 6.20 Å². The van der Waals surface area contributed by atoms with Crippen LogP contribution in [0.15, 0.2) is 24.4 Å². The zero-order chi connectivity index (χ0) is 13.6. The van der Waals surface area contributed by atoms with Crippen LogP contribution >= 0.6 is 23.2 Å². The van der Waals surface area contributed by atoms with Crippen LogP contribution in [0.4, 0.5) is 4.39 Å². The molecule has 3 heterocycles. The van der Waals surface area contributed by atoms with Gasteiger partial charge in [-0.05, 0) is 19.1 Å². The summed E-state index contributed by atoms with van der Waals surface area (Å²) in [5.41, 5.74) is 2.10. The lowest BCUT2D eigenvalue weighted by Gasteiger charge is -2.04. The Morgan fingerprint density at radius 3 is 2.47 bits per heavy atom. The number of hydrogen-bond acceptors (Lipinski definition) is 3. The number of aromatic nitrogens is 4. The molecule has 19 heavy (non-hydrogen) atoms. The van der Waals surface area contributed by atoms with Gasteiger partial charge in [0.05, 0.1) is 5.69 Å². The minimum Gasteiger partial charge on any atom is -0.297 e. The van der Waals surface area contributed by atoms with Crippen molar-refractivity contribution in [1.82, 2.24) is 19.4 Å². The first kappa shape index (κ1) is 12.3. The van der Waals surface area contributed by atoms with Gasteiger partial charge in [-0.2, -0.15) is 0 Å². The molecule has 0 aliphatic carbocycles. The van der Waals surface area contributed by atoms with E-state index in [2.05, 4.69) is 15.0 Å². The number of pyridine rings is 1. The maximum atomic E-state index is 13.4. The van der Waals surface area contributed by atoms with Crippen molar-refractivity contribution in [1.29, 1.82) is 0 Å². The molecule has 0 aliphatic rings. The summed E-state index contributed by atoms with van der Waals surface area (Å²) in [5.74, 6) is -0.578. The summed E-state index contributed by atoms with van der Waals surface area (Å²) in [7, 11) is 0. The number of nitrogens with zero attached hydrogens (tertiary/aromatic N) is 4. The van der Waals surface area contributed by atoms with Gasteiger partial charge in [-0.15, -0.1) is 0 Å². The molecule has 0 amide bonds. The summed E-state index contributed by atoms with van der Waals surface area (Å²) in [5, 5.41) is -0.611. The third-order valence-electron chi connectivity index (χ3n) is 2.69. The van der Waals surface area contributed by atoms with Crippen LogP contribution < -0.4 is 0 Å². The zero-order valence-corrected chi connectivity index (χ0v) is 11.2. The third kappa shape index (κ3) is 1.95. The molecule has 0 aliphatic heterocycles. The van der Waals surface area contributed by atoms with Crippen molar-refractivity contribution in [3.8, 4) is 11.5 Å². The van der Waals surface area contributed by atoms with Crippen LogP contribution in [0.3, 0.4) is 0 Å². The molecule has 0 spiro atoms. The Morgan fingerprint density at radius 2 is 1.79 bits per heavy atom. The fraction of sp³-hybridized carbons (Fsp3) is 0.0833. The summed E-state index contributed by atoms with van der Waals surface area (Å²) in [6.07, 6.45) is 1.82. The Labute approximate surface area is 117 Å². The Balaban J connectivity index is 2.33. The molecule has 0 fully saturated rings. The molecule has 0 aromatic carbocycles. The number of aryl methyl sites for hydroxylation is 1. The van der Waals surface area contributed by atoms with Gasteiger partial charge in [0.1, 0.15) is 11.3 Å². The van der Waals surface area contributed by atoms with E-state index in [1.807, 2.05) is 31.3 Å². The van der Waals surface area contributed by atoms with Crippen LogP contribution in [0.5, 0.6) is 0 Å². The molecule has 3 aromatic heterocycles. The van der Waals surface area contributed by atoms with E-state index in [0.29, 0.717) is 11.4 Å². The van der Waals surface area contributed by atoms with Gasteiger partial charge in [-0.1, -0.05) is 29.3 Å². The second kappa shape index (κ2) is 4.43. The largest absolute Gasteiger partial charge is 0.297 e. The van der Waals surface area contributed by atoms with Gasteiger partial charge in [0.2, 0.25) is 0 Å². The molecule has 7 heteroatoms. The minimum atomic E-state index is -0.821. The molecule has 0 radical (unpaired) electrons. The van der Waals surface area contributed by atoms with Crippen LogP contribution in [0.2, 0.25) is 10.3 Å². The summed E-state index contributed by atoms with van der Waals surface area (Å²) in [4.78, 5) is 12.2. The summed E-state index contributed by atoms with van der Waals surface area (Å²) in [6.45, 7) is 1.82. The van der Waals surface area contributed by atoms with Crippen molar-refractivity contribution in [3.05, 3.63) is 46.2 Å². The predicted molar refractivity (Wildman–Crippen MR) is 70.9 cm³/mol. The molecule has 0 N–H and O–H groups in total. The number of fused-ring (bicyclic) bond motifs is 1. The first-order chi connectivity index (χ1) is 9.08. The van der Waals surface area contributed by atoms with Crippen LogP contribution in [0.25, 0.3) is 17.2 Å². The fourth-order valence-corrected chi connectivity index (χ4v) is 2.27. The lowest BCUT2D eigenvalue weighted by molar-refractivity contribution is 0.615. The topological polar surface area (TPSA) is 43.1 Å². The molecule has 0 saturated heterocycles. The molecule has 0 bridgehead atoms. The van der Waals surface area contributed by atoms with Crippen molar-refractivity contribution < 1.29 is 4.39 Å². The minimum absolute atomic E-state index is 0.243. The highest BCUT2D eigenvalue weighted by molar-refractivity contribution is 6.33. The quantitative estimate of drug-likeness (QED) is 0.645. The van der Waals surface area contributed by atoms with E-state index >= 15 is 0 Å². The molecule has 3 rings (SSSR count). The van der Waals surface area contributed by atoms with E-state index < -0.39 is 5.82 Å². The highest BCUT2D eigenvalue weighted by Crippen LogP contribution is 2.26. The van der Waals surface area contributed by atoms with Crippen molar-refractivity contribution in [2.45, 2.75) is 6.92 Å². The molecule has 3 aromatic rings. The van der Waals surface area contributed by atoms with E-state index in [-0.39, 0.29) is 16.1 Å². The highest BCUT2D eigenvalue weighted by atomic mass is 35.5. The van der Waals surface area contributed by atoms with Crippen molar-refractivity contribution >= 4 is 28.8 Å². The summed E-state index contributed by atoms with van der Waals surface area (Å²) in [6, 6.07) is 5.57. The highest BCUT2D eigenvalue weighted by Gasteiger charge is 2.17. The van der Waals surface area contributed by atoms with Gasteiger partial charge < -0.3 is 0 Å². The maximum Gasteiger partial charge on any atom is 0.197 e. The average molecular weight is 297 g/mol. The Hall–Kier alpha value is -1.72. The SMILES string of the molecule is Cc1nc2ccccn2c1-c1nc(Cl)c(F)c(Cl)n1. The van der Waals surface area contributed by atoms with Gasteiger partial charge >= 0.3 is 0 Å². The van der Waals surface area contributed by atoms with E-state index in [0.717, 1.165) is 5.65 Å². The van der Waals surface area contributed by atoms with E-state index in [9.17, 15) is 4.39 Å². The standard InChI is InChI=1S/C12H7Cl2FN4/c1-6-9(19-5-3-2-4-7(19)16-6)12-17-10(13)8(15)11(14)18-12/h2-5H,1H3. The zero-order valence-electron chi connectivity index (χ0n) is 9.73. The lowest BCUT2D eigenvalue weighted by Crippen LogP contribution is -1.98. The molecular formula is C12H7Cl2FN4. The summed E-state index contributed by atoms with van der Waals surface area (Å²) < 4.78 is 15.2. The normalized spacial score (nSPS) is 11.2. The average Bonchev–Trinajstić information content (AvgIpc) is 2.71. The molecular weight excluding hydrogens is 290 g/mol. The van der Waals surface area contributed by atoms with Crippen LogP contribution in [0, 0.1) is 12.7 Å². The molecule has 0 unspecified atom stereocenters. The monoisotopic (exact) mass is 296 g/mol. The Morgan fingerprint density at radius 1 is 1.11 bits per heavy atom. The Bertz CT molecular complexity index is 761. The first-order valence-corrected chi connectivity index (χ1v) is 6.16. The van der Waals surface area contributed by atoms with Crippen LogP contribution in [-0.4, -0.2) is 19.4 Å². The van der Waals surface area contributed by atoms with Gasteiger partial charge in [-0.3, -0.25) is 4.40 Å². The molecule has 96 valence electrons. The Kier molecular flexibility index (Phi) is 2.88. The summed E-state index contributed by atoms with van der Waals surface area (Å²) >= 11 is 11.4. The van der Waals surface area contributed by atoms with Crippen molar-refractivity contribution in [2.24, 2.45) is 0 Å².